The van der Waals surface area contributed by atoms with Gasteiger partial charge in [0.15, 0.2) is 0 Å². The van der Waals surface area contributed by atoms with Crippen molar-refractivity contribution in [3.63, 3.8) is 0 Å². The van der Waals surface area contributed by atoms with E-state index in [2.05, 4.69) is 18.5 Å². The Labute approximate surface area is 166 Å². The van der Waals surface area contributed by atoms with Crippen molar-refractivity contribution in [2.45, 2.75) is 96.8 Å². The van der Waals surface area contributed by atoms with Crippen LogP contribution in [0.4, 0.5) is 0 Å². The number of carboxylic acids is 1. The first-order valence-corrected chi connectivity index (χ1v) is 11.8. The Hall–Kier alpha value is -0.770. The van der Waals surface area contributed by atoms with E-state index in [0.717, 1.165) is 5.75 Å². The summed E-state index contributed by atoms with van der Waals surface area (Å²) in [5, 5.41) is 9.05. The van der Waals surface area contributed by atoms with Gasteiger partial charge in [0.25, 0.3) is 0 Å². The number of rotatable bonds is 20. The lowest BCUT2D eigenvalue weighted by atomic mass is 10.0. The third kappa shape index (κ3) is 18.0. The molecule has 0 radical (unpaired) electrons. The lowest BCUT2D eigenvalue weighted by Gasteiger charge is -2.04. The van der Waals surface area contributed by atoms with Crippen LogP contribution in [0.25, 0.3) is 0 Å². The highest BCUT2D eigenvalue weighted by Gasteiger charge is 2.08. The highest BCUT2D eigenvalue weighted by molar-refractivity contribution is 8.00. The maximum absolute atomic E-state index is 11.0. The molecular weight excluding hydrogens is 342 g/mol. The molecule has 0 bridgehead atoms. The summed E-state index contributed by atoms with van der Waals surface area (Å²) in [6, 6.07) is 0. The van der Waals surface area contributed by atoms with Gasteiger partial charge in [0, 0.05) is 5.75 Å². The molecule has 0 saturated heterocycles. The molecule has 0 rings (SSSR count). The van der Waals surface area contributed by atoms with Crippen LogP contribution in [0.3, 0.4) is 0 Å². The van der Waals surface area contributed by atoms with Crippen LogP contribution < -0.4 is 0 Å². The van der Waals surface area contributed by atoms with Crippen LogP contribution >= 0.6 is 11.8 Å². The summed E-state index contributed by atoms with van der Waals surface area (Å²) in [5.41, 5.74) is 0.264. The van der Waals surface area contributed by atoms with Gasteiger partial charge < -0.3 is 5.11 Å². The Bertz CT molecular complexity index is 369. The van der Waals surface area contributed by atoms with E-state index in [1.807, 2.05) is 0 Å². The summed E-state index contributed by atoms with van der Waals surface area (Å²) in [5.74, 6) is 0.625. The summed E-state index contributed by atoms with van der Waals surface area (Å²) < 4.78 is 0. The molecule has 0 aliphatic carbocycles. The molecule has 26 heavy (non-hydrogen) atoms. The maximum atomic E-state index is 11.0. The Morgan fingerprint density at radius 3 is 1.77 bits per heavy atom. The van der Waals surface area contributed by atoms with E-state index in [-0.39, 0.29) is 5.71 Å². The summed E-state index contributed by atoms with van der Waals surface area (Å²) >= 11 is 1.68. The molecule has 1 N–H and O–H groups in total. The first-order chi connectivity index (χ1) is 12.7. The van der Waals surface area contributed by atoms with Gasteiger partial charge in [-0.25, -0.2) is 4.79 Å². The van der Waals surface area contributed by atoms with Crippen LogP contribution in [0.2, 0.25) is 0 Å². The number of carbonyl (C=O) groups is 1. The van der Waals surface area contributed by atoms with E-state index in [1.165, 1.54) is 89.9 Å². The molecule has 0 aromatic carbocycles. The largest absolute Gasteiger partial charge is 0.477 e. The Balaban J connectivity index is 3.28. The molecule has 0 atom stereocenters. The molecule has 0 aliphatic rings. The van der Waals surface area contributed by atoms with Gasteiger partial charge in [-0.1, -0.05) is 96.5 Å². The molecule has 0 aliphatic heterocycles. The predicted molar refractivity (Wildman–Crippen MR) is 118 cm³/mol. The minimum absolute atomic E-state index is 0.264. The molecular formula is C22H41NO2S. The zero-order chi connectivity index (χ0) is 19.3. The normalized spacial score (nSPS) is 11.7. The Morgan fingerprint density at radius 2 is 1.35 bits per heavy atom. The molecule has 0 saturated carbocycles. The highest BCUT2D eigenvalue weighted by Crippen LogP contribution is 2.14. The Kier molecular flexibility index (Phi) is 19.9. The Morgan fingerprint density at radius 1 is 0.885 bits per heavy atom. The predicted octanol–water partition coefficient (Wildman–Crippen LogP) is 6.91. The van der Waals surface area contributed by atoms with E-state index in [0.29, 0.717) is 12.3 Å². The molecule has 0 heterocycles. The van der Waals surface area contributed by atoms with Gasteiger partial charge in [-0.2, -0.15) is 11.8 Å². The second-order valence-corrected chi connectivity index (χ2v) is 8.14. The fraction of sp³-hybridized carbons (Fsp3) is 0.818. The monoisotopic (exact) mass is 383 g/mol. The number of aliphatic carboxylic acids is 1. The van der Waals surface area contributed by atoms with Gasteiger partial charge in [-0.3, -0.25) is 4.99 Å². The first-order valence-electron chi connectivity index (χ1n) is 10.7. The third-order valence-corrected chi connectivity index (χ3v) is 5.59. The number of aliphatic imine (C=N–C) groups is 1. The van der Waals surface area contributed by atoms with Crippen LogP contribution in [-0.2, 0) is 4.79 Å². The van der Waals surface area contributed by atoms with E-state index in [9.17, 15) is 4.79 Å². The summed E-state index contributed by atoms with van der Waals surface area (Å²) in [4.78, 5) is 15.0. The molecule has 0 unspecified atom stereocenters. The SMILES string of the molecule is C=CCN=C(CSCCCCCCCCCCCCCCCC)C(=O)O. The van der Waals surface area contributed by atoms with Gasteiger partial charge in [-0.05, 0) is 12.2 Å². The minimum Gasteiger partial charge on any atom is -0.477 e. The minimum atomic E-state index is -0.902. The molecule has 4 heteroatoms. The van der Waals surface area contributed by atoms with Crippen LogP contribution in [0.15, 0.2) is 17.6 Å². The quantitative estimate of drug-likeness (QED) is 0.141. The topological polar surface area (TPSA) is 49.7 Å². The van der Waals surface area contributed by atoms with E-state index in [1.54, 1.807) is 17.8 Å². The van der Waals surface area contributed by atoms with Crippen molar-refractivity contribution < 1.29 is 9.90 Å². The molecule has 152 valence electrons. The van der Waals surface area contributed by atoms with Crippen molar-refractivity contribution in [3.8, 4) is 0 Å². The second-order valence-electron chi connectivity index (χ2n) is 7.03. The fourth-order valence-corrected chi connectivity index (χ4v) is 3.88. The van der Waals surface area contributed by atoms with Crippen LogP contribution in [0.5, 0.6) is 0 Å². The number of thioether (sulfide) groups is 1. The van der Waals surface area contributed by atoms with Gasteiger partial charge >= 0.3 is 5.97 Å². The molecule has 3 nitrogen and oxygen atoms in total. The zero-order valence-electron chi connectivity index (χ0n) is 17.0. The van der Waals surface area contributed by atoms with Gasteiger partial charge in [-0.15, -0.1) is 6.58 Å². The highest BCUT2D eigenvalue weighted by atomic mass is 32.2. The van der Waals surface area contributed by atoms with Gasteiger partial charge in [0.05, 0.1) is 6.54 Å². The zero-order valence-corrected chi connectivity index (χ0v) is 17.8. The fourth-order valence-electron chi connectivity index (χ4n) is 2.92. The summed E-state index contributed by atoms with van der Waals surface area (Å²) in [6.45, 7) is 6.23. The molecule has 0 fully saturated rings. The molecule has 0 amide bonds. The average molecular weight is 384 g/mol. The van der Waals surface area contributed by atoms with Crippen molar-refractivity contribution in [3.05, 3.63) is 12.7 Å². The number of unbranched alkanes of at least 4 members (excludes halogenated alkanes) is 13. The number of hydrogen-bond acceptors (Lipinski definition) is 3. The smallest absolute Gasteiger partial charge is 0.350 e. The van der Waals surface area contributed by atoms with Crippen molar-refractivity contribution in [1.82, 2.24) is 0 Å². The van der Waals surface area contributed by atoms with Gasteiger partial charge in [0.2, 0.25) is 0 Å². The van der Waals surface area contributed by atoms with Crippen molar-refractivity contribution in [2.24, 2.45) is 4.99 Å². The van der Waals surface area contributed by atoms with Gasteiger partial charge in [0.1, 0.15) is 5.71 Å². The number of nitrogens with zero attached hydrogens (tertiary/aromatic N) is 1. The molecule has 0 aromatic rings. The van der Waals surface area contributed by atoms with E-state index >= 15 is 0 Å². The average Bonchev–Trinajstić information content (AvgIpc) is 2.63. The van der Waals surface area contributed by atoms with Crippen molar-refractivity contribution in [1.29, 1.82) is 0 Å². The van der Waals surface area contributed by atoms with Crippen molar-refractivity contribution >= 4 is 23.4 Å². The van der Waals surface area contributed by atoms with Crippen molar-refractivity contribution in [2.75, 3.05) is 18.1 Å². The lowest BCUT2D eigenvalue weighted by molar-refractivity contribution is -0.129. The summed E-state index contributed by atoms with van der Waals surface area (Å²) in [7, 11) is 0. The lowest BCUT2D eigenvalue weighted by Crippen LogP contribution is -2.16. The standard InChI is InChI=1S/C22H41NO2S/c1-3-5-6-7-8-9-10-11-12-13-14-15-16-17-19-26-20-21(22(24)25)23-18-4-2/h4H,2-3,5-20H2,1H3,(H,24,25). The van der Waals surface area contributed by atoms with Crippen LogP contribution in [0.1, 0.15) is 96.8 Å². The molecule has 0 aromatic heterocycles. The van der Waals surface area contributed by atoms with E-state index in [4.69, 9.17) is 5.11 Å². The molecule has 0 spiro atoms. The third-order valence-electron chi connectivity index (χ3n) is 4.54. The first kappa shape index (κ1) is 25.2. The summed E-state index contributed by atoms with van der Waals surface area (Å²) in [6.07, 6.45) is 20.8. The number of hydrogen-bond donors (Lipinski definition) is 1. The second kappa shape index (κ2) is 20.5. The maximum Gasteiger partial charge on any atom is 0.350 e. The van der Waals surface area contributed by atoms with Crippen LogP contribution in [0, 0.1) is 0 Å². The number of carboxylic acid groups (broad SMARTS) is 1. The van der Waals surface area contributed by atoms with E-state index < -0.39 is 5.97 Å². The van der Waals surface area contributed by atoms with Crippen LogP contribution in [-0.4, -0.2) is 34.8 Å².